The van der Waals surface area contributed by atoms with Gasteiger partial charge in [-0.3, -0.25) is 0 Å². The first kappa shape index (κ1) is 13.3. The average Bonchev–Trinajstić information content (AvgIpc) is 2.34. The third kappa shape index (κ3) is 2.98. The van der Waals surface area contributed by atoms with E-state index in [1.165, 1.54) is 18.3 Å². The SMILES string of the molecule is NCc1cnc(Oc2ccc(Br)cc2F)c(Cl)c1. The molecule has 0 spiro atoms. The lowest BCUT2D eigenvalue weighted by Crippen LogP contribution is -1.98. The maximum atomic E-state index is 13.6. The number of ether oxygens (including phenoxy) is 1. The van der Waals surface area contributed by atoms with Crippen LogP contribution >= 0.6 is 27.5 Å². The number of nitrogens with two attached hydrogens (primary N) is 1. The molecule has 0 atom stereocenters. The maximum absolute atomic E-state index is 13.6. The average molecular weight is 332 g/mol. The molecule has 6 heteroatoms. The molecule has 1 aromatic carbocycles. The molecule has 3 nitrogen and oxygen atoms in total. The van der Waals surface area contributed by atoms with Crippen molar-refractivity contribution in [3.05, 3.63) is 51.3 Å². The van der Waals surface area contributed by atoms with Gasteiger partial charge in [0.05, 0.1) is 0 Å². The Morgan fingerprint density at radius 3 is 2.78 bits per heavy atom. The minimum absolute atomic E-state index is 0.0631. The first-order chi connectivity index (χ1) is 8.60. The molecule has 0 amide bonds. The van der Waals surface area contributed by atoms with Crippen molar-refractivity contribution in [3.8, 4) is 11.6 Å². The summed E-state index contributed by atoms with van der Waals surface area (Å²) in [4.78, 5) is 4.00. The molecule has 2 N–H and O–H groups in total. The maximum Gasteiger partial charge on any atom is 0.238 e. The van der Waals surface area contributed by atoms with Gasteiger partial charge >= 0.3 is 0 Å². The highest BCUT2D eigenvalue weighted by Gasteiger charge is 2.09. The molecule has 2 aromatic rings. The third-order valence-electron chi connectivity index (χ3n) is 2.20. The second-order valence-corrected chi connectivity index (χ2v) is 4.83. The molecule has 94 valence electrons. The van der Waals surface area contributed by atoms with Crippen LogP contribution in [0.3, 0.4) is 0 Å². The smallest absolute Gasteiger partial charge is 0.238 e. The Hall–Kier alpha value is -1.17. The summed E-state index contributed by atoms with van der Waals surface area (Å²) in [5.74, 6) is -0.284. The van der Waals surface area contributed by atoms with Gasteiger partial charge in [-0.2, -0.15) is 0 Å². The van der Waals surface area contributed by atoms with E-state index in [-0.39, 0.29) is 11.6 Å². The number of pyridine rings is 1. The van der Waals surface area contributed by atoms with Crippen molar-refractivity contribution in [2.24, 2.45) is 5.73 Å². The number of nitrogens with zero attached hydrogens (tertiary/aromatic N) is 1. The van der Waals surface area contributed by atoms with Crippen LogP contribution in [0.25, 0.3) is 0 Å². The summed E-state index contributed by atoms with van der Waals surface area (Å²) in [6, 6.07) is 6.10. The lowest BCUT2D eigenvalue weighted by molar-refractivity contribution is 0.427. The second kappa shape index (κ2) is 5.65. The Kier molecular flexibility index (Phi) is 4.16. The third-order valence-corrected chi connectivity index (χ3v) is 2.96. The van der Waals surface area contributed by atoms with Crippen LogP contribution in [0, 0.1) is 5.82 Å². The zero-order chi connectivity index (χ0) is 13.1. The van der Waals surface area contributed by atoms with Gasteiger partial charge in [0.1, 0.15) is 5.02 Å². The van der Waals surface area contributed by atoms with Crippen LogP contribution in [0.2, 0.25) is 5.02 Å². The van der Waals surface area contributed by atoms with Crippen LogP contribution in [0.5, 0.6) is 11.6 Å². The summed E-state index contributed by atoms with van der Waals surface area (Å²) in [6.45, 7) is 0.333. The van der Waals surface area contributed by atoms with Crippen molar-refractivity contribution in [1.29, 1.82) is 0 Å². The molecular weight excluding hydrogens is 323 g/mol. The molecule has 0 aliphatic heterocycles. The molecular formula is C12H9BrClFN2O. The largest absolute Gasteiger partial charge is 0.434 e. The van der Waals surface area contributed by atoms with Crippen LogP contribution in [0.15, 0.2) is 34.9 Å². The van der Waals surface area contributed by atoms with E-state index in [2.05, 4.69) is 20.9 Å². The van der Waals surface area contributed by atoms with Crippen molar-refractivity contribution in [1.82, 2.24) is 4.98 Å². The Labute approximate surface area is 117 Å². The monoisotopic (exact) mass is 330 g/mol. The zero-order valence-electron chi connectivity index (χ0n) is 9.16. The second-order valence-electron chi connectivity index (χ2n) is 3.51. The number of halogens is 3. The summed E-state index contributed by atoms with van der Waals surface area (Å²) < 4.78 is 19.5. The van der Waals surface area contributed by atoms with E-state index in [0.29, 0.717) is 16.0 Å². The normalized spacial score (nSPS) is 10.4. The topological polar surface area (TPSA) is 48.1 Å². The lowest BCUT2D eigenvalue weighted by atomic mass is 10.3. The minimum atomic E-state index is -0.495. The van der Waals surface area contributed by atoms with Gasteiger partial charge in [0.25, 0.3) is 0 Å². The molecule has 0 unspecified atom stereocenters. The van der Waals surface area contributed by atoms with Crippen LogP contribution in [-0.2, 0) is 6.54 Å². The molecule has 18 heavy (non-hydrogen) atoms. The molecule has 0 saturated heterocycles. The van der Waals surface area contributed by atoms with Crippen molar-refractivity contribution < 1.29 is 9.13 Å². The van der Waals surface area contributed by atoms with E-state index in [1.54, 1.807) is 12.1 Å². The van der Waals surface area contributed by atoms with Crippen molar-refractivity contribution in [2.45, 2.75) is 6.54 Å². The Bertz CT molecular complexity index is 580. The number of aromatic nitrogens is 1. The molecule has 0 aliphatic rings. The van der Waals surface area contributed by atoms with E-state index < -0.39 is 5.82 Å². The molecule has 0 saturated carbocycles. The number of hydrogen-bond donors (Lipinski definition) is 1. The first-order valence-corrected chi connectivity index (χ1v) is 6.24. The van der Waals surface area contributed by atoms with Gasteiger partial charge in [-0.05, 0) is 29.8 Å². The van der Waals surface area contributed by atoms with E-state index >= 15 is 0 Å². The number of rotatable bonds is 3. The van der Waals surface area contributed by atoms with Crippen molar-refractivity contribution in [2.75, 3.05) is 0 Å². The standard InChI is InChI=1S/C12H9BrClFN2O/c13-8-1-2-11(10(15)4-8)18-12-9(14)3-7(5-16)6-17-12/h1-4,6H,5,16H2. The molecule has 0 fully saturated rings. The molecule has 1 heterocycles. The summed E-state index contributed by atoms with van der Waals surface area (Å²) in [6.07, 6.45) is 1.54. The lowest BCUT2D eigenvalue weighted by Gasteiger charge is -2.08. The summed E-state index contributed by atoms with van der Waals surface area (Å²) >= 11 is 9.13. The van der Waals surface area contributed by atoms with Gasteiger partial charge in [-0.1, -0.05) is 27.5 Å². The quantitative estimate of drug-likeness (QED) is 0.928. The highest BCUT2D eigenvalue weighted by molar-refractivity contribution is 9.10. The van der Waals surface area contributed by atoms with Gasteiger partial charge < -0.3 is 10.5 Å². The van der Waals surface area contributed by atoms with Gasteiger partial charge in [0, 0.05) is 17.2 Å². The van der Waals surface area contributed by atoms with E-state index in [9.17, 15) is 4.39 Å². The van der Waals surface area contributed by atoms with Crippen LogP contribution in [0.4, 0.5) is 4.39 Å². The highest BCUT2D eigenvalue weighted by atomic mass is 79.9. The summed E-state index contributed by atoms with van der Waals surface area (Å²) in [5.41, 5.74) is 6.24. The predicted molar refractivity (Wildman–Crippen MR) is 71.3 cm³/mol. The Morgan fingerprint density at radius 1 is 1.39 bits per heavy atom. The van der Waals surface area contributed by atoms with Crippen molar-refractivity contribution in [3.63, 3.8) is 0 Å². The fourth-order valence-electron chi connectivity index (χ4n) is 1.31. The Balaban J connectivity index is 2.28. The molecule has 1 aromatic heterocycles. The van der Waals surface area contributed by atoms with Gasteiger partial charge in [0.2, 0.25) is 5.88 Å². The first-order valence-electron chi connectivity index (χ1n) is 5.07. The van der Waals surface area contributed by atoms with Crippen LogP contribution in [-0.4, -0.2) is 4.98 Å². The number of benzene rings is 1. The fraction of sp³-hybridized carbons (Fsp3) is 0.0833. The van der Waals surface area contributed by atoms with E-state index in [0.717, 1.165) is 5.56 Å². The van der Waals surface area contributed by atoms with E-state index in [1.807, 2.05) is 0 Å². The fourth-order valence-corrected chi connectivity index (χ4v) is 1.87. The molecule has 0 bridgehead atoms. The zero-order valence-corrected chi connectivity index (χ0v) is 11.5. The van der Waals surface area contributed by atoms with Crippen LogP contribution < -0.4 is 10.5 Å². The molecule has 0 radical (unpaired) electrons. The number of hydrogen-bond acceptors (Lipinski definition) is 3. The van der Waals surface area contributed by atoms with Crippen molar-refractivity contribution >= 4 is 27.5 Å². The molecule has 0 aliphatic carbocycles. The van der Waals surface area contributed by atoms with Gasteiger partial charge in [-0.25, -0.2) is 9.37 Å². The van der Waals surface area contributed by atoms with E-state index in [4.69, 9.17) is 22.1 Å². The summed E-state index contributed by atoms with van der Waals surface area (Å²) in [7, 11) is 0. The summed E-state index contributed by atoms with van der Waals surface area (Å²) in [5, 5.41) is 0.292. The molecule has 2 rings (SSSR count). The van der Waals surface area contributed by atoms with Gasteiger partial charge in [-0.15, -0.1) is 0 Å². The van der Waals surface area contributed by atoms with Gasteiger partial charge in [0.15, 0.2) is 11.6 Å². The highest BCUT2D eigenvalue weighted by Crippen LogP contribution is 2.30. The van der Waals surface area contributed by atoms with Crippen LogP contribution in [0.1, 0.15) is 5.56 Å². The predicted octanol–water partition coefficient (Wildman–Crippen LogP) is 3.89. The minimum Gasteiger partial charge on any atom is -0.434 e. The Morgan fingerprint density at radius 2 is 2.17 bits per heavy atom.